The molecule has 0 saturated heterocycles. The molecule has 0 radical (unpaired) electrons. The lowest BCUT2D eigenvalue weighted by atomic mass is 10.2. The summed E-state index contributed by atoms with van der Waals surface area (Å²) in [5.41, 5.74) is 0.573. The first-order chi connectivity index (χ1) is 10.1. The molecule has 2 amide bonds. The Hall–Kier alpha value is -1.55. The van der Waals surface area contributed by atoms with Crippen molar-refractivity contribution in [3.05, 3.63) is 29.3 Å². The minimum Gasteiger partial charge on any atom is -0.334 e. The Morgan fingerprint density at radius 1 is 1.05 bits per heavy atom. The fourth-order valence-electron chi connectivity index (χ4n) is 1.87. The van der Waals surface area contributed by atoms with Gasteiger partial charge in [-0.25, -0.2) is 0 Å². The van der Waals surface area contributed by atoms with E-state index in [0.29, 0.717) is 23.8 Å². The van der Waals surface area contributed by atoms with Crippen molar-refractivity contribution in [3.63, 3.8) is 0 Å². The van der Waals surface area contributed by atoms with E-state index in [1.54, 1.807) is 29.2 Å². The maximum absolute atomic E-state index is 12.2. The van der Waals surface area contributed by atoms with Crippen molar-refractivity contribution in [1.82, 2.24) is 4.90 Å². The van der Waals surface area contributed by atoms with Crippen molar-refractivity contribution in [2.24, 2.45) is 0 Å². The lowest BCUT2D eigenvalue weighted by molar-refractivity contribution is -0.143. The molecule has 0 saturated carbocycles. The molecule has 0 aliphatic carbocycles. The van der Waals surface area contributed by atoms with E-state index < -0.39 is 11.8 Å². The molecular formula is C16H23ClN2O2. The Kier molecular flexibility index (Phi) is 7.83. The van der Waals surface area contributed by atoms with E-state index in [1.807, 2.05) is 0 Å². The van der Waals surface area contributed by atoms with Crippen LogP contribution in [0.15, 0.2) is 24.3 Å². The quantitative estimate of drug-likeness (QED) is 0.781. The molecule has 0 aliphatic heterocycles. The summed E-state index contributed by atoms with van der Waals surface area (Å²) in [6.07, 6.45) is 3.80. The van der Waals surface area contributed by atoms with Gasteiger partial charge in [0.15, 0.2) is 0 Å². The van der Waals surface area contributed by atoms with Gasteiger partial charge in [-0.2, -0.15) is 0 Å². The second-order valence-electron chi connectivity index (χ2n) is 4.96. The van der Waals surface area contributed by atoms with E-state index in [-0.39, 0.29) is 0 Å². The van der Waals surface area contributed by atoms with Crippen LogP contribution in [0.5, 0.6) is 0 Å². The SMILES string of the molecule is CCCCN(CCCC)C(=O)C(=O)Nc1ccc(Cl)cc1. The maximum Gasteiger partial charge on any atom is 0.313 e. The summed E-state index contributed by atoms with van der Waals surface area (Å²) < 4.78 is 0. The summed E-state index contributed by atoms with van der Waals surface area (Å²) >= 11 is 5.79. The van der Waals surface area contributed by atoms with E-state index in [0.717, 1.165) is 25.7 Å². The Bertz CT molecular complexity index is 452. The molecule has 5 heteroatoms. The zero-order valence-electron chi connectivity index (χ0n) is 12.7. The standard InChI is InChI=1S/C16H23ClN2O2/c1-3-5-11-19(12-6-4-2)16(21)15(20)18-14-9-7-13(17)8-10-14/h7-10H,3-6,11-12H2,1-2H3,(H,18,20). The molecule has 0 spiro atoms. The summed E-state index contributed by atoms with van der Waals surface area (Å²) in [7, 11) is 0. The smallest absolute Gasteiger partial charge is 0.313 e. The number of rotatable bonds is 7. The number of amides is 2. The van der Waals surface area contributed by atoms with Gasteiger partial charge in [0.2, 0.25) is 0 Å². The van der Waals surface area contributed by atoms with Crippen molar-refractivity contribution in [2.75, 3.05) is 18.4 Å². The van der Waals surface area contributed by atoms with Crippen LogP contribution in [0.1, 0.15) is 39.5 Å². The number of unbranched alkanes of at least 4 members (excludes halogenated alkanes) is 2. The van der Waals surface area contributed by atoms with Crippen LogP contribution in [0.4, 0.5) is 5.69 Å². The van der Waals surface area contributed by atoms with Gasteiger partial charge >= 0.3 is 11.8 Å². The minimum atomic E-state index is -0.593. The summed E-state index contributed by atoms with van der Waals surface area (Å²) in [4.78, 5) is 25.9. The van der Waals surface area contributed by atoms with Crippen LogP contribution in [-0.2, 0) is 9.59 Å². The van der Waals surface area contributed by atoms with Crippen LogP contribution in [0.25, 0.3) is 0 Å². The Labute approximate surface area is 131 Å². The van der Waals surface area contributed by atoms with Crippen LogP contribution in [0, 0.1) is 0 Å². The average Bonchev–Trinajstić information content (AvgIpc) is 2.49. The third-order valence-electron chi connectivity index (χ3n) is 3.15. The molecule has 0 bridgehead atoms. The molecule has 0 aliphatic rings. The van der Waals surface area contributed by atoms with Crippen LogP contribution < -0.4 is 5.32 Å². The summed E-state index contributed by atoms with van der Waals surface area (Å²) in [5, 5.41) is 3.20. The van der Waals surface area contributed by atoms with Crippen molar-refractivity contribution in [3.8, 4) is 0 Å². The van der Waals surface area contributed by atoms with Crippen molar-refractivity contribution >= 4 is 29.1 Å². The van der Waals surface area contributed by atoms with Crippen molar-refractivity contribution in [1.29, 1.82) is 0 Å². The van der Waals surface area contributed by atoms with E-state index in [1.165, 1.54) is 0 Å². The van der Waals surface area contributed by atoms with Crippen LogP contribution >= 0.6 is 11.6 Å². The second-order valence-corrected chi connectivity index (χ2v) is 5.40. The Morgan fingerprint density at radius 3 is 2.05 bits per heavy atom. The Morgan fingerprint density at radius 2 is 1.57 bits per heavy atom. The van der Waals surface area contributed by atoms with Gasteiger partial charge in [0.05, 0.1) is 0 Å². The van der Waals surface area contributed by atoms with Gasteiger partial charge in [0.1, 0.15) is 0 Å². The number of benzene rings is 1. The zero-order valence-corrected chi connectivity index (χ0v) is 13.4. The van der Waals surface area contributed by atoms with Crippen LogP contribution in [0.3, 0.4) is 0 Å². The van der Waals surface area contributed by atoms with Crippen LogP contribution in [-0.4, -0.2) is 29.8 Å². The molecular weight excluding hydrogens is 288 g/mol. The summed E-state index contributed by atoms with van der Waals surface area (Å²) in [6, 6.07) is 6.70. The molecule has 21 heavy (non-hydrogen) atoms. The van der Waals surface area contributed by atoms with E-state index in [9.17, 15) is 9.59 Å². The molecule has 1 rings (SSSR count). The normalized spacial score (nSPS) is 10.2. The first kappa shape index (κ1) is 17.5. The number of nitrogens with one attached hydrogen (secondary N) is 1. The molecule has 116 valence electrons. The number of hydrogen-bond acceptors (Lipinski definition) is 2. The van der Waals surface area contributed by atoms with E-state index >= 15 is 0 Å². The van der Waals surface area contributed by atoms with E-state index in [2.05, 4.69) is 19.2 Å². The van der Waals surface area contributed by atoms with Gasteiger partial charge in [-0.1, -0.05) is 38.3 Å². The van der Waals surface area contributed by atoms with Crippen LogP contribution in [0.2, 0.25) is 5.02 Å². The molecule has 1 aromatic rings. The largest absolute Gasteiger partial charge is 0.334 e. The molecule has 1 N–H and O–H groups in total. The first-order valence-corrected chi connectivity index (χ1v) is 7.82. The summed E-state index contributed by atoms with van der Waals surface area (Å²) in [5.74, 6) is -1.06. The molecule has 0 atom stereocenters. The van der Waals surface area contributed by atoms with Crippen molar-refractivity contribution in [2.45, 2.75) is 39.5 Å². The number of carbonyl (C=O) groups excluding carboxylic acids is 2. The topological polar surface area (TPSA) is 49.4 Å². The fourth-order valence-corrected chi connectivity index (χ4v) is 2.00. The molecule has 0 fully saturated rings. The number of anilines is 1. The number of nitrogens with zero attached hydrogens (tertiary/aromatic N) is 1. The average molecular weight is 311 g/mol. The van der Waals surface area contributed by atoms with Gasteiger partial charge in [-0.3, -0.25) is 9.59 Å². The van der Waals surface area contributed by atoms with Gasteiger partial charge in [-0.05, 0) is 37.1 Å². The monoisotopic (exact) mass is 310 g/mol. The first-order valence-electron chi connectivity index (χ1n) is 7.44. The number of halogens is 1. The third-order valence-corrected chi connectivity index (χ3v) is 3.40. The molecule has 0 unspecified atom stereocenters. The second kappa shape index (κ2) is 9.40. The predicted octanol–water partition coefficient (Wildman–Crippen LogP) is 3.71. The molecule has 4 nitrogen and oxygen atoms in total. The highest BCUT2D eigenvalue weighted by Crippen LogP contribution is 2.13. The van der Waals surface area contributed by atoms with E-state index in [4.69, 9.17) is 11.6 Å². The molecule has 0 aromatic heterocycles. The van der Waals surface area contributed by atoms with Gasteiger partial charge in [0, 0.05) is 23.8 Å². The molecule has 0 heterocycles. The fraction of sp³-hybridized carbons (Fsp3) is 0.500. The maximum atomic E-state index is 12.2. The zero-order chi connectivity index (χ0) is 15.7. The van der Waals surface area contributed by atoms with Gasteiger partial charge in [-0.15, -0.1) is 0 Å². The van der Waals surface area contributed by atoms with Gasteiger partial charge < -0.3 is 10.2 Å². The number of carbonyl (C=O) groups is 2. The highest BCUT2D eigenvalue weighted by molar-refractivity contribution is 6.39. The Balaban J connectivity index is 2.63. The molecule has 1 aromatic carbocycles. The minimum absolute atomic E-state index is 0.466. The third kappa shape index (κ3) is 6.17. The highest BCUT2D eigenvalue weighted by Gasteiger charge is 2.21. The summed E-state index contributed by atoms with van der Waals surface area (Å²) in [6.45, 7) is 5.39. The lowest BCUT2D eigenvalue weighted by Gasteiger charge is -2.21. The number of hydrogen-bond donors (Lipinski definition) is 1. The predicted molar refractivity (Wildman–Crippen MR) is 86.5 cm³/mol. The van der Waals surface area contributed by atoms with Gasteiger partial charge in [0.25, 0.3) is 0 Å². The highest BCUT2D eigenvalue weighted by atomic mass is 35.5. The lowest BCUT2D eigenvalue weighted by Crippen LogP contribution is -2.40. The van der Waals surface area contributed by atoms with Crippen molar-refractivity contribution < 1.29 is 9.59 Å².